The van der Waals surface area contributed by atoms with E-state index in [9.17, 15) is 14.8 Å². The van der Waals surface area contributed by atoms with Crippen LogP contribution in [0.1, 0.15) is 103 Å². The second-order valence-corrected chi connectivity index (χ2v) is 8.34. The molecule has 2 unspecified atom stereocenters. The van der Waals surface area contributed by atoms with E-state index < -0.39 is 7.12 Å². The summed E-state index contributed by atoms with van der Waals surface area (Å²) in [5.41, 5.74) is 0. The molecule has 0 aromatic heterocycles. The fourth-order valence-corrected chi connectivity index (χ4v) is 4.55. The zero-order valence-corrected chi connectivity index (χ0v) is 15.9. The van der Waals surface area contributed by atoms with E-state index in [-0.39, 0.29) is 17.6 Å². The number of rotatable bonds is 3. The molecule has 0 aliphatic heterocycles. The van der Waals surface area contributed by atoms with E-state index >= 15 is 0 Å². The molecular formula is C20H38BNO3. The van der Waals surface area contributed by atoms with Crippen molar-refractivity contribution in [2.24, 2.45) is 5.92 Å². The van der Waals surface area contributed by atoms with Crippen molar-refractivity contribution in [3.63, 3.8) is 0 Å². The lowest BCUT2D eigenvalue weighted by Crippen LogP contribution is -2.39. The molecule has 2 fully saturated rings. The van der Waals surface area contributed by atoms with Gasteiger partial charge in [0.1, 0.15) is 0 Å². The third-order valence-corrected chi connectivity index (χ3v) is 6.25. The molecule has 25 heavy (non-hydrogen) atoms. The van der Waals surface area contributed by atoms with E-state index in [0.29, 0.717) is 6.04 Å². The first-order valence-electron chi connectivity index (χ1n) is 10.8. The number of hydrogen-bond donors (Lipinski definition) is 3. The Morgan fingerprint density at radius 2 is 1.16 bits per heavy atom. The maximum absolute atomic E-state index is 12.8. The average molecular weight is 351 g/mol. The van der Waals surface area contributed by atoms with Gasteiger partial charge in [-0.1, -0.05) is 77.0 Å². The lowest BCUT2D eigenvalue weighted by Gasteiger charge is -2.24. The van der Waals surface area contributed by atoms with Gasteiger partial charge in [-0.25, -0.2) is 0 Å². The number of amides is 1. The maximum Gasteiger partial charge on any atom is 0.454 e. The van der Waals surface area contributed by atoms with Gasteiger partial charge in [0, 0.05) is 12.0 Å². The van der Waals surface area contributed by atoms with E-state index in [1.165, 1.54) is 32.1 Å². The summed E-state index contributed by atoms with van der Waals surface area (Å²) in [6.07, 6.45) is 17.7. The largest absolute Gasteiger partial charge is 0.454 e. The molecule has 0 aromatic rings. The Bertz CT molecular complexity index is 370. The zero-order chi connectivity index (χ0) is 17.9. The van der Waals surface area contributed by atoms with E-state index in [0.717, 1.165) is 70.6 Å². The maximum atomic E-state index is 12.8. The smallest absolute Gasteiger partial charge is 0.427 e. The van der Waals surface area contributed by atoms with E-state index in [1.54, 1.807) is 0 Å². The summed E-state index contributed by atoms with van der Waals surface area (Å²) in [6, 6.07) is 0.373. The molecule has 0 saturated heterocycles. The Labute approximate surface area is 154 Å². The van der Waals surface area contributed by atoms with Crippen molar-refractivity contribution < 1.29 is 14.8 Å². The Morgan fingerprint density at radius 1 is 0.680 bits per heavy atom. The van der Waals surface area contributed by atoms with Crippen LogP contribution in [0.25, 0.3) is 0 Å². The predicted molar refractivity (Wildman–Crippen MR) is 103 cm³/mol. The molecule has 3 N–H and O–H groups in total. The van der Waals surface area contributed by atoms with Crippen LogP contribution >= 0.6 is 0 Å². The van der Waals surface area contributed by atoms with Gasteiger partial charge in [-0.15, -0.1) is 0 Å². The standard InChI is InChI=1S/C20H38BNO3/c23-20(22-19-15-8-2-1-3-9-16-19)17-11-6-4-5-7-13-18(21(24)25)14-10-12-17/h17-19,24-25H,1-16H2,(H,22,23). The fourth-order valence-electron chi connectivity index (χ4n) is 4.55. The minimum Gasteiger partial charge on any atom is -0.427 e. The van der Waals surface area contributed by atoms with Gasteiger partial charge in [-0.2, -0.15) is 0 Å². The first-order chi connectivity index (χ1) is 12.2. The summed E-state index contributed by atoms with van der Waals surface area (Å²) in [6.45, 7) is 0. The first kappa shape index (κ1) is 20.8. The van der Waals surface area contributed by atoms with Gasteiger partial charge in [0.05, 0.1) is 0 Å². The minimum atomic E-state index is -1.21. The molecule has 144 valence electrons. The summed E-state index contributed by atoms with van der Waals surface area (Å²) in [7, 11) is -1.21. The summed E-state index contributed by atoms with van der Waals surface area (Å²) in [4.78, 5) is 12.8. The normalized spacial score (nSPS) is 28.2. The molecule has 1 amide bonds. The fraction of sp³-hybridized carbons (Fsp3) is 0.950. The zero-order valence-electron chi connectivity index (χ0n) is 15.9. The molecule has 4 nitrogen and oxygen atoms in total. The third-order valence-electron chi connectivity index (χ3n) is 6.25. The van der Waals surface area contributed by atoms with E-state index in [4.69, 9.17) is 0 Å². The molecular weight excluding hydrogens is 313 g/mol. The summed E-state index contributed by atoms with van der Waals surface area (Å²) in [5.74, 6) is 0.346. The van der Waals surface area contributed by atoms with E-state index in [2.05, 4.69) is 5.32 Å². The monoisotopic (exact) mass is 351 g/mol. The summed E-state index contributed by atoms with van der Waals surface area (Å²) < 4.78 is 0. The molecule has 2 atom stereocenters. The third kappa shape index (κ3) is 8.12. The van der Waals surface area contributed by atoms with Crippen LogP contribution in [-0.4, -0.2) is 29.1 Å². The van der Waals surface area contributed by atoms with Crippen LogP contribution in [0.15, 0.2) is 0 Å². The number of carbonyl (C=O) groups excluding carboxylic acids is 1. The Morgan fingerprint density at radius 3 is 1.80 bits per heavy atom. The van der Waals surface area contributed by atoms with Gasteiger partial charge in [0.25, 0.3) is 0 Å². The highest BCUT2D eigenvalue weighted by molar-refractivity contribution is 6.43. The molecule has 2 aliphatic rings. The lowest BCUT2D eigenvalue weighted by molar-refractivity contribution is -0.126. The van der Waals surface area contributed by atoms with Crippen LogP contribution in [0.2, 0.25) is 5.82 Å². The number of hydrogen-bond acceptors (Lipinski definition) is 3. The molecule has 0 heterocycles. The van der Waals surface area contributed by atoms with Crippen molar-refractivity contribution >= 4 is 13.0 Å². The van der Waals surface area contributed by atoms with Crippen molar-refractivity contribution in [3.05, 3.63) is 0 Å². The Kier molecular flexibility index (Phi) is 9.93. The van der Waals surface area contributed by atoms with Gasteiger partial charge in [0.2, 0.25) is 5.91 Å². The first-order valence-corrected chi connectivity index (χ1v) is 10.8. The second kappa shape index (κ2) is 12.0. The quantitative estimate of drug-likeness (QED) is 0.668. The van der Waals surface area contributed by atoms with Crippen molar-refractivity contribution in [2.75, 3.05) is 0 Å². The van der Waals surface area contributed by atoms with Crippen LogP contribution in [-0.2, 0) is 4.79 Å². The minimum absolute atomic E-state index is 0.0209. The predicted octanol–water partition coefficient (Wildman–Crippen LogP) is 4.20. The molecule has 2 rings (SSSR count). The van der Waals surface area contributed by atoms with Crippen LogP contribution in [0.4, 0.5) is 0 Å². The lowest BCUT2D eigenvalue weighted by atomic mass is 9.67. The molecule has 5 heteroatoms. The van der Waals surface area contributed by atoms with Crippen molar-refractivity contribution in [2.45, 2.75) is 115 Å². The second-order valence-electron chi connectivity index (χ2n) is 8.34. The van der Waals surface area contributed by atoms with Gasteiger partial charge >= 0.3 is 7.12 Å². The van der Waals surface area contributed by atoms with Gasteiger partial charge in [-0.05, 0) is 31.5 Å². The highest BCUT2D eigenvalue weighted by Gasteiger charge is 2.26. The van der Waals surface area contributed by atoms with Crippen molar-refractivity contribution in [1.82, 2.24) is 5.32 Å². The summed E-state index contributed by atoms with van der Waals surface area (Å²) >= 11 is 0. The Balaban J connectivity index is 1.84. The highest BCUT2D eigenvalue weighted by Crippen LogP contribution is 2.28. The molecule has 2 aliphatic carbocycles. The number of carbonyl (C=O) groups is 1. The van der Waals surface area contributed by atoms with Gasteiger partial charge in [0.15, 0.2) is 0 Å². The molecule has 0 spiro atoms. The van der Waals surface area contributed by atoms with Gasteiger partial charge < -0.3 is 15.4 Å². The summed E-state index contributed by atoms with van der Waals surface area (Å²) in [5, 5.41) is 22.4. The highest BCUT2D eigenvalue weighted by atomic mass is 16.4. The SMILES string of the molecule is O=C(NC1CCCCCCC1)C1CCCCCCC(B(O)O)CCC1. The average Bonchev–Trinajstić information content (AvgIpc) is 2.61. The van der Waals surface area contributed by atoms with Crippen molar-refractivity contribution in [1.29, 1.82) is 0 Å². The number of nitrogens with one attached hydrogen (secondary N) is 1. The van der Waals surface area contributed by atoms with Crippen LogP contribution in [0.3, 0.4) is 0 Å². The van der Waals surface area contributed by atoms with Crippen LogP contribution in [0, 0.1) is 5.92 Å². The van der Waals surface area contributed by atoms with Crippen molar-refractivity contribution in [3.8, 4) is 0 Å². The molecule has 0 radical (unpaired) electrons. The topological polar surface area (TPSA) is 69.6 Å². The Hall–Kier alpha value is -0.545. The molecule has 2 saturated carbocycles. The van der Waals surface area contributed by atoms with Crippen LogP contribution < -0.4 is 5.32 Å². The molecule has 0 aromatic carbocycles. The van der Waals surface area contributed by atoms with Gasteiger partial charge in [-0.3, -0.25) is 4.79 Å². The van der Waals surface area contributed by atoms with Crippen LogP contribution in [0.5, 0.6) is 0 Å². The van der Waals surface area contributed by atoms with E-state index in [1.807, 2.05) is 0 Å². The molecule has 0 bridgehead atoms.